The van der Waals surface area contributed by atoms with Gasteiger partial charge in [-0.2, -0.15) is 0 Å². The van der Waals surface area contributed by atoms with Crippen LogP contribution in [0.1, 0.15) is 40.2 Å². The maximum absolute atomic E-state index is 12.7. The number of nitrogens with one attached hydrogen (secondary N) is 6. The Morgan fingerprint density at radius 2 is 1.05 bits per heavy atom. The first kappa shape index (κ1) is 51.9. The van der Waals surface area contributed by atoms with E-state index in [0.29, 0.717) is 18.7 Å². The minimum absolute atomic E-state index is 0.00822. The largest absolute Gasteiger partial charge is 0.387 e. The lowest BCUT2D eigenvalue weighted by molar-refractivity contribution is -0.197. The molecular formula is C41H48N16O14S2. The third-order valence-electron chi connectivity index (χ3n) is 11.1. The number of aliphatic hydroxyl groups is 2. The molecule has 3 aliphatic heterocycles. The number of sulfonamides is 2. The van der Waals surface area contributed by atoms with E-state index in [4.69, 9.17) is 29.2 Å². The number of hydrogen-bond donors (Lipinski definition) is 10. The Balaban J connectivity index is 0.000000196. The number of carbonyl (C=O) groups excluding carboxylic acids is 4. The molecule has 7 heterocycles. The molecule has 2 aromatic carbocycles. The van der Waals surface area contributed by atoms with Gasteiger partial charge >= 0.3 is 12.1 Å². The molecule has 0 bridgehead atoms. The number of aliphatic hydroxyl groups excluding tert-OH is 2. The predicted molar refractivity (Wildman–Crippen MR) is 253 cm³/mol. The second-order valence-corrected chi connectivity index (χ2v) is 19.6. The van der Waals surface area contributed by atoms with Crippen LogP contribution in [0, 0.1) is 0 Å². The van der Waals surface area contributed by atoms with Gasteiger partial charge in [-0.15, -0.1) is 0 Å². The molecule has 4 aromatic heterocycles. The molecule has 388 valence electrons. The van der Waals surface area contributed by atoms with E-state index in [2.05, 4.69) is 61.8 Å². The molecule has 4 unspecified atom stereocenters. The summed E-state index contributed by atoms with van der Waals surface area (Å²) < 4.78 is 73.7. The summed E-state index contributed by atoms with van der Waals surface area (Å²) in [7, 11) is -8.16. The fraction of sp³-hybridized carbons (Fsp3) is 0.366. The van der Waals surface area contributed by atoms with Gasteiger partial charge in [0.05, 0.1) is 24.0 Å². The van der Waals surface area contributed by atoms with E-state index in [1.165, 1.54) is 66.0 Å². The number of para-hydroxylation sites is 2. The van der Waals surface area contributed by atoms with Crippen LogP contribution in [0.4, 0.5) is 32.6 Å². The number of anilines is 4. The molecule has 3 aliphatic rings. The molecule has 32 heteroatoms. The minimum atomic E-state index is -4.09. The zero-order valence-electron chi connectivity index (χ0n) is 38.8. The Labute approximate surface area is 413 Å². The van der Waals surface area contributed by atoms with Gasteiger partial charge in [0.2, 0.25) is 20.0 Å². The van der Waals surface area contributed by atoms with Crippen LogP contribution < -0.4 is 42.2 Å². The Hall–Kier alpha value is -7.40. The van der Waals surface area contributed by atoms with Crippen molar-refractivity contribution in [2.75, 3.05) is 34.4 Å². The van der Waals surface area contributed by atoms with E-state index in [1.807, 2.05) is 0 Å². The molecule has 3 fully saturated rings. The molecule has 73 heavy (non-hydrogen) atoms. The van der Waals surface area contributed by atoms with E-state index in [9.17, 15) is 46.2 Å². The number of nitrogens with two attached hydrogens (primary N) is 2. The lowest BCUT2D eigenvalue weighted by Gasteiger charge is -2.24. The van der Waals surface area contributed by atoms with Crippen molar-refractivity contribution in [3.63, 3.8) is 0 Å². The van der Waals surface area contributed by atoms with Gasteiger partial charge in [-0.25, -0.2) is 66.6 Å². The van der Waals surface area contributed by atoms with E-state index >= 15 is 0 Å². The summed E-state index contributed by atoms with van der Waals surface area (Å²) in [6.45, 7) is 7.74. The van der Waals surface area contributed by atoms with Crippen LogP contribution >= 0.6 is 0 Å². The summed E-state index contributed by atoms with van der Waals surface area (Å²) in [5.41, 5.74) is 0.709. The Bertz CT molecular complexity index is 3320. The molecular weight excluding hydrogens is 1000 g/mol. The molecule has 6 amide bonds. The molecule has 9 rings (SSSR count). The van der Waals surface area contributed by atoms with Crippen molar-refractivity contribution in [3.8, 4) is 0 Å². The predicted octanol–water partition coefficient (Wildman–Crippen LogP) is -0.456. The summed E-state index contributed by atoms with van der Waals surface area (Å²) in [6, 6.07) is 9.66. The maximum atomic E-state index is 12.7. The number of urea groups is 2. The standard InChI is InChI=1S/C22H26N8O7S.C19H22N8O7S/c1-4-24-19(31)15-14-16(37-22(2,3)36-14)20(35-15)30-10-27-13-17(25-9-26-18(13)30)29-21(32)28-11-7-5-6-8-12(11)38(23,33)34;1-2-21-17(30)14-12(28)13(29)18(34-14)27-8-24-11-15(22-7-23-16(11)27)26-19(31)25-9-5-3-4-6-10(9)35(20,32)33/h5-10,14-16,20H,4H2,1-3H3,(H,24,31)(H2,23,33,34)(H2,25,26,28,29,32);3-8,12-14,18,28-29H,2H2,1H3,(H,21,30)(H2,20,32,33)(H2,22,23,25,26,31)/t14?,15-,16?,20+;12?,13?,14-,18+/m00/s1. The van der Waals surface area contributed by atoms with Crippen LogP contribution in [0.2, 0.25) is 0 Å². The Kier molecular flexibility index (Phi) is 14.7. The fourth-order valence-corrected chi connectivity index (χ4v) is 9.47. The normalized spacial score (nSPS) is 23.2. The van der Waals surface area contributed by atoms with Crippen molar-refractivity contribution >= 4 is 89.3 Å². The number of hydrogen-bond acceptors (Lipinski definition) is 20. The van der Waals surface area contributed by atoms with Crippen LogP contribution in [-0.4, -0.2) is 145 Å². The first-order chi connectivity index (χ1) is 34.6. The van der Waals surface area contributed by atoms with E-state index in [0.717, 1.165) is 6.33 Å². The van der Waals surface area contributed by atoms with Gasteiger partial charge in [-0.05, 0) is 52.0 Å². The van der Waals surface area contributed by atoms with Crippen molar-refractivity contribution < 1.29 is 65.2 Å². The van der Waals surface area contributed by atoms with Crippen molar-refractivity contribution in [2.24, 2.45) is 10.3 Å². The van der Waals surface area contributed by atoms with Gasteiger partial charge in [-0.1, -0.05) is 24.3 Å². The smallest absolute Gasteiger partial charge is 0.324 e. The number of aromatic nitrogens is 8. The van der Waals surface area contributed by atoms with Crippen LogP contribution in [0.15, 0.2) is 83.6 Å². The molecule has 12 N–H and O–H groups in total. The molecule has 0 radical (unpaired) electrons. The minimum Gasteiger partial charge on any atom is -0.387 e. The molecule has 0 spiro atoms. The highest BCUT2D eigenvalue weighted by Crippen LogP contribution is 2.44. The summed E-state index contributed by atoms with van der Waals surface area (Å²) in [6.07, 6.45) is -3.47. The number of primary sulfonamides is 2. The average molecular weight is 1050 g/mol. The monoisotopic (exact) mass is 1050 g/mol. The van der Waals surface area contributed by atoms with Gasteiger partial charge in [-0.3, -0.25) is 29.4 Å². The van der Waals surface area contributed by atoms with E-state index in [1.54, 1.807) is 38.3 Å². The first-order valence-electron chi connectivity index (χ1n) is 21.9. The number of fused-ring (bicyclic) bond motifs is 3. The molecule has 6 aromatic rings. The van der Waals surface area contributed by atoms with Gasteiger partial charge in [0.1, 0.15) is 46.9 Å². The molecule has 0 aliphatic carbocycles. The van der Waals surface area contributed by atoms with Crippen molar-refractivity contribution in [1.82, 2.24) is 49.7 Å². The van der Waals surface area contributed by atoms with Crippen LogP contribution in [0.5, 0.6) is 0 Å². The van der Waals surface area contributed by atoms with Crippen LogP contribution in [0.25, 0.3) is 22.3 Å². The van der Waals surface area contributed by atoms with E-state index < -0.39 is 92.9 Å². The first-order valence-corrected chi connectivity index (χ1v) is 25.0. The quantitative estimate of drug-likeness (QED) is 0.0741. The number of benzene rings is 2. The molecule has 8 atom stereocenters. The highest BCUT2D eigenvalue weighted by Gasteiger charge is 2.58. The number of carbonyl (C=O) groups is 4. The van der Waals surface area contributed by atoms with Crippen LogP contribution in [0.3, 0.4) is 0 Å². The third-order valence-corrected chi connectivity index (χ3v) is 13.0. The number of ether oxygens (including phenoxy) is 4. The second-order valence-electron chi connectivity index (χ2n) is 16.6. The Morgan fingerprint density at radius 1 is 0.616 bits per heavy atom. The zero-order valence-corrected chi connectivity index (χ0v) is 40.4. The average Bonchev–Trinajstić information content (AvgIpc) is 4.15. The number of likely N-dealkylation sites (N-methyl/N-ethyl adjacent to an activating group) is 2. The second kappa shape index (κ2) is 20.6. The van der Waals surface area contributed by atoms with Gasteiger partial charge in [0.25, 0.3) is 11.8 Å². The summed E-state index contributed by atoms with van der Waals surface area (Å²) in [5.74, 6) is -1.83. The van der Waals surface area contributed by atoms with Crippen molar-refractivity contribution in [3.05, 3.63) is 73.8 Å². The molecule has 3 saturated heterocycles. The topological polar surface area (TPSA) is 425 Å². The highest BCUT2D eigenvalue weighted by atomic mass is 32.2. The zero-order chi connectivity index (χ0) is 52.6. The highest BCUT2D eigenvalue weighted by molar-refractivity contribution is 7.89. The number of nitrogens with zero attached hydrogens (tertiary/aromatic N) is 8. The number of imidazole rings is 2. The van der Waals surface area contributed by atoms with Crippen molar-refractivity contribution in [2.45, 2.75) is 92.4 Å². The third kappa shape index (κ3) is 10.9. The van der Waals surface area contributed by atoms with Crippen molar-refractivity contribution in [1.29, 1.82) is 0 Å². The summed E-state index contributed by atoms with van der Waals surface area (Å²) >= 11 is 0. The van der Waals surface area contributed by atoms with Gasteiger partial charge in [0.15, 0.2) is 64.4 Å². The SMILES string of the molecule is CCNC(=O)[C@H]1O[C@@H](n2cnc3c(NC(=O)Nc4ccccc4S(N)(=O)=O)ncnc32)C(O)C1O.CCNC(=O)[C@H]1O[C@@H](n2cnc3c(NC(=O)Nc4ccccc4S(N)(=O)=O)ncnc32)C2OC(C)(C)OC21. The Morgan fingerprint density at radius 3 is 1.53 bits per heavy atom. The van der Waals surface area contributed by atoms with Crippen LogP contribution in [-0.2, 0) is 48.6 Å². The maximum Gasteiger partial charge on any atom is 0.324 e. The number of amides is 6. The van der Waals surface area contributed by atoms with Gasteiger partial charge in [0, 0.05) is 13.1 Å². The lowest BCUT2D eigenvalue weighted by Crippen LogP contribution is -2.42. The fourth-order valence-electron chi connectivity index (χ4n) is 8.08. The molecule has 30 nitrogen and oxygen atoms in total. The summed E-state index contributed by atoms with van der Waals surface area (Å²) in [4.78, 5) is 74.5. The van der Waals surface area contributed by atoms with E-state index in [-0.39, 0.29) is 55.4 Å². The number of rotatable bonds is 12. The lowest BCUT2D eigenvalue weighted by atomic mass is 10.1. The molecule has 0 saturated carbocycles. The van der Waals surface area contributed by atoms with Gasteiger partial charge < -0.3 is 50.4 Å². The summed E-state index contributed by atoms with van der Waals surface area (Å²) in [5, 5.41) is 46.2.